The normalized spacial score (nSPS) is 16.3. The number of aryl methyl sites for hydroxylation is 1. The predicted molar refractivity (Wildman–Crippen MR) is 118 cm³/mol. The van der Waals surface area contributed by atoms with Crippen LogP contribution in [0.4, 0.5) is 11.5 Å². The van der Waals surface area contributed by atoms with Gasteiger partial charge in [-0.15, -0.1) is 0 Å². The second-order valence-electron chi connectivity index (χ2n) is 7.73. The number of primary amides is 1. The van der Waals surface area contributed by atoms with Gasteiger partial charge in [-0.05, 0) is 38.0 Å². The summed E-state index contributed by atoms with van der Waals surface area (Å²) >= 11 is 0. The van der Waals surface area contributed by atoms with Gasteiger partial charge in [-0.3, -0.25) is 14.4 Å². The second kappa shape index (κ2) is 8.55. The molecule has 2 amide bonds. The van der Waals surface area contributed by atoms with Gasteiger partial charge in [0.15, 0.2) is 0 Å². The van der Waals surface area contributed by atoms with Crippen LogP contribution in [-0.2, 0) is 16.1 Å². The third kappa shape index (κ3) is 4.40. The molecule has 160 valence electrons. The molecule has 3 heterocycles. The Kier molecular flexibility index (Phi) is 5.66. The molecule has 1 fully saturated rings. The molecule has 1 aromatic carbocycles. The minimum absolute atomic E-state index is 0.175. The summed E-state index contributed by atoms with van der Waals surface area (Å²) < 4.78 is 1.17. The van der Waals surface area contributed by atoms with E-state index in [1.165, 1.54) is 4.68 Å². The minimum atomic E-state index is -0.370. The molecule has 1 aliphatic heterocycles. The first kappa shape index (κ1) is 20.5. The Morgan fingerprint density at radius 3 is 2.68 bits per heavy atom. The maximum atomic E-state index is 12.6. The molecule has 0 saturated carbocycles. The number of piperidine rings is 1. The van der Waals surface area contributed by atoms with Crippen molar-refractivity contribution in [3.8, 4) is 0 Å². The number of pyridine rings is 1. The van der Waals surface area contributed by atoms with Crippen LogP contribution in [0, 0.1) is 12.8 Å². The number of hydrogen-bond donors (Lipinski definition) is 2. The molecular formula is C22H24N6O3. The molecule has 4 rings (SSSR count). The monoisotopic (exact) mass is 420 g/mol. The number of rotatable bonds is 5. The molecule has 31 heavy (non-hydrogen) atoms. The standard InChI is InChI=1S/C22H24N6O3/c1-14-17-6-2-3-7-18(17)22(31)28(26-14)13-20(29)25-16-8-9-19(24-11-16)27-10-4-5-15(12-27)21(23)30/h2-3,6-9,11,15H,4-5,10,12-13H2,1H3,(H2,23,30)(H,25,29). The van der Waals surface area contributed by atoms with Crippen LogP contribution < -0.4 is 21.5 Å². The van der Waals surface area contributed by atoms with Gasteiger partial charge in [0.25, 0.3) is 5.56 Å². The van der Waals surface area contributed by atoms with Crippen molar-refractivity contribution in [1.82, 2.24) is 14.8 Å². The molecule has 1 unspecified atom stereocenters. The van der Waals surface area contributed by atoms with Crippen molar-refractivity contribution < 1.29 is 9.59 Å². The highest BCUT2D eigenvalue weighted by Gasteiger charge is 2.24. The lowest BCUT2D eigenvalue weighted by Gasteiger charge is -2.32. The molecule has 0 aliphatic carbocycles. The van der Waals surface area contributed by atoms with Gasteiger partial charge in [0, 0.05) is 18.5 Å². The van der Waals surface area contributed by atoms with Crippen LogP contribution in [0.15, 0.2) is 47.4 Å². The third-order valence-electron chi connectivity index (χ3n) is 5.53. The Hall–Kier alpha value is -3.75. The van der Waals surface area contributed by atoms with Gasteiger partial charge < -0.3 is 16.0 Å². The molecule has 9 heteroatoms. The summed E-state index contributed by atoms with van der Waals surface area (Å²) in [5, 5.41) is 8.32. The Bertz CT molecular complexity index is 1190. The highest BCUT2D eigenvalue weighted by Crippen LogP contribution is 2.22. The number of nitrogens with zero attached hydrogens (tertiary/aromatic N) is 4. The van der Waals surface area contributed by atoms with Gasteiger partial charge >= 0.3 is 0 Å². The number of nitrogens with two attached hydrogens (primary N) is 1. The molecule has 9 nitrogen and oxygen atoms in total. The molecule has 3 aromatic rings. The number of fused-ring (bicyclic) bond motifs is 1. The van der Waals surface area contributed by atoms with Crippen LogP contribution in [0.5, 0.6) is 0 Å². The smallest absolute Gasteiger partial charge is 0.275 e. The summed E-state index contributed by atoms with van der Waals surface area (Å²) in [6.45, 7) is 2.96. The topological polar surface area (TPSA) is 123 Å². The number of aromatic nitrogens is 3. The zero-order chi connectivity index (χ0) is 22.0. The summed E-state index contributed by atoms with van der Waals surface area (Å²) in [6.07, 6.45) is 3.23. The highest BCUT2D eigenvalue weighted by atomic mass is 16.2. The Morgan fingerprint density at radius 2 is 1.97 bits per heavy atom. The van der Waals surface area contributed by atoms with Gasteiger partial charge in [0.05, 0.1) is 28.9 Å². The number of carbonyl (C=O) groups excluding carboxylic acids is 2. The third-order valence-corrected chi connectivity index (χ3v) is 5.53. The van der Waals surface area contributed by atoms with Gasteiger partial charge in [-0.1, -0.05) is 18.2 Å². The van der Waals surface area contributed by atoms with Gasteiger partial charge in [-0.25, -0.2) is 9.67 Å². The molecule has 1 atom stereocenters. The van der Waals surface area contributed by atoms with E-state index in [1.807, 2.05) is 24.0 Å². The summed E-state index contributed by atoms with van der Waals surface area (Å²) in [4.78, 5) is 43.0. The number of carbonyl (C=O) groups is 2. The average Bonchev–Trinajstić information content (AvgIpc) is 2.78. The summed E-state index contributed by atoms with van der Waals surface area (Å²) in [5.41, 5.74) is 6.33. The van der Waals surface area contributed by atoms with Crippen LogP contribution in [0.25, 0.3) is 10.8 Å². The minimum Gasteiger partial charge on any atom is -0.369 e. The lowest BCUT2D eigenvalue weighted by atomic mass is 9.97. The number of amides is 2. The zero-order valence-electron chi connectivity index (χ0n) is 17.2. The summed E-state index contributed by atoms with van der Waals surface area (Å²) in [6, 6.07) is 10.7. The van der Waals surface area contributed by atoms with E-state index in [-0.39, 0.29) is 29.8 Å². The zero-order valence-corrected chi connectivity index (χ0v) is 17.2. The van der Waals surface area contributed by atoms with E-state index in [9.17, 15) is 14.4 Å². The van der Waals surface area contributed by atoms with E-state index < -0.39 is 0 Å². The maximum absolute atomic E-state index is 12.6. The molecule has 1 saturated heterocycles. The van der Waals surface area contributed by atoms with E-state index >= 15 is 0 Å². The molecule has 0 spiro atoms. The van der Waals surface area contributed by atoms with Crippen molar-refractivity contribution in [2.24, 2.45) is 11.7 Å². The van der Waals surface area contributed by atoms with Crippen molar-refractivity contribution in [2.45, 2.75) is 26.3 Å². The van der Waals surface area contributed by atoms with Crippen LogP contribution in [0.2, 0.25) is 0 Å². The fraction of sp³-hybridized carbons (Fsp3) is 0.318. The van der Waals surface area contributed by atoms with Gasteiger partial charge in [0.2, 0.25) is 11.8 Å². The van der Waals surface area contributed by atoms with Crippen molar-refractivity contribution >= 4 is 34.1 Å². The van der Waals surface area contributed by atoms with Crippen molar-refractivity contribution in [1.29, 1.82) is 0 Å². The highest BCUT2D eigenvalue weighted by molar-refractivity contribution is 5.91. The Morgan fingerprint density at radius 1 is 1.19 bits per heavy atom. The average molecular weight is 420 g/mol. The van der Waals surface area contributed by atoms with Crippen molar-refractivity contribution in [3.05, 3.63) is 58.6 Å². The molecule has 1 aliphatic rings. The number of hydrogen-bond acceptors (Lipinski definition) is 6. The van der Waals surface area contributed by atoms with E-state index in [2.05, 4.69) is 15.4 Å². The fourth-order valence-electron chi connectivity index (χ4n) is 3.91. The first-order valence-electron chi connectivity index (χ1n) is 10.2. The molecule has 3 N–H and O–H groups in total. The van der Waals surface area contributed by atoms with E-state index in [0.29, 0.717) is 23.3 Å². The molecule has 2 aromatic heterocycles. The largest absolute Gasteiger partial charge is 0.369 e. The predicted octanol–water partition coefficient (Wildman–Crippen LogP) is 1.44. The quantitative estimate of drug-likeness (QED) is 0.644. The van der Waals surface area contributed by atoms with Gasteiger partial charge in [-0.2, -0.15) is 5.10 Å². The molecule has 0 radical (unpaired) electrons. The van der Waals surface area contributed by atoms with E-state index in [4.69, 9.17) is 5.73 Å². The van der Waals surface area contributed by atoms with E-state index in [1.54, 1.807) is 30.5 Å². The summed E-state index contributed by atoms with van der Waals surface area (Å²) in [7, 11) is 0. The van der Waals surface area contributed by atoms with E-state index in [0.717, 1.165) is 30.6 Å². The fourth-order valence-corrected chi connectivity index (χ4v) is 3.91. The molecular weight excluding hydrogens is 396 g/mol. The van der Waals surface area contributed by atoms with Crippen LogP contribution in [-0.4, -0.2) is 39.7 Å². The lowest BCUT2D eigenvalue weighted by Crippen LogP contribution is -2.41. The Balaban J connectivity index is 1.44. The number of benzene rings is 1. The van der Waals surface area contributed by atoms with Gasteiger partial charge in [0.1, 0.15) is 12.4 Å². The lowest BCUT2D eigenvalue weighted by molar-refractivity contribution is -0.122. The summed E-state index contributed by atoms with van der Waals surface area (Å²) in [5.74, 6) is -0.106. The second-order valence-corrected chi connectivity index (χ2v) is 7.73. The SMILES string of the molecule is Cc1nn(CC(=O)Nc2ccc(N3CCCC(C(N)=O)C3)nc2)c(=O)c2ccccc12. The molecule has 0 bridgehead atoms. The maximum Gasteiger partial charge on any atom is 0.275 e. The van der Waals surface area contributed by atoms with Crippen LogP contribution >= 0.6 is 0 Å². The van der Waals surface area contributed by atoms with Crippen LogP contribution in [0.1, 0.15) is 18.5 Å². The first-order chi connectivity index (χ1) is 14.9. The number of nitrogens with one attached hydrogen (secondary N) is 1. The van der Waals surface area contributed by atoms with Crippen LogP contribution in [0.3, 0.4) is 0 Å². The van der Waals surface area contributed by atoms with Crippen molar-refractivity contribution in [2.75, 3.05) is 23.3 Å². The van der Waals surface area contributed by atoms with Crippen molar-refractivity contribution in [3.63, 3.8) is 0 Å². The Labute approximate surface area is 178 Å². The number of anilines is 2. The first-order valence-corrected chi connectivity index (χ1v) is 10.2.